The summed E-state index contributed by atoms with van der Waals surface area (Å²) in [4.78, 5) is 31.7. The van der Waals surface area contributed by atoms with E-state index in [9.17, 15) is 9.59 Å². The Morgan fingerprint density at radius 3 is 2.17 bits per heavy atom. The van der Waals surface area contributed by atoms with Gasteiger partial charge in [0.1, 0.15) is 5.75 Å². The lowest BCUT2D eigenvalue weighted by molar-refractivity contribution is -0.145. The summed E-state index contributed by atoms with van der Waals surface area (Å²) in [7, 11) is 0. The maximum atomic E-state index is 13.0. The molecule has 160 valence electrons. The number of piperidine rings is 1. The highest BCUT2D eigenvalue weighted by Crippen LogP contribution is 2.30. The van der Waals surface area contributed by atoms with Gasteiger partial charge < -0.3 is 19.4 Å². The largest absolute Gasteiger partial charge is 0.492 e. The molecule has 0 N–H and O–H groups in total. The maximum Gasteiger partial charge on any atom is 0.227 e. The Balaban J connectivity index is 1.52. The molecular weight excluding hydrogens is 366 g/mol. The zero-order chi connectivity index (χ0) is 21.0. The van der Waals surface area contributed by atoms with E-state index in [4.69, 9.17) is 4.74 Å². The van der Waals surface area contributed by atoms with Gasteiger partial charge in [0.2, 0.25) is 11.8 Å². The number of nitrogens with zero attached hydrogens (tertiary/aromatic N) is 3. The lowest BCUT2D eigenvalue weighted by atomic mass is 9.90. The predicted octanol–water partition coefficient (Wildman–Crippen LogP) is 3.02. The Morgan fingerprint density at radius 1 is 0.966 bits per heavy atom. The third-order valence-electron chi connectivity index (χ3n) is 5.87. The summed E-state index contributed by atoms with van der Waals surface area (Å²) in [5.74, 6) is 1.39. The molecule has 1 aromatic rings. The number of carbonyl (C=O) groups is 2. The van der Waals surface area contributed by atoms with E-state index in [-0.39, 0.29) is 23.1 Å². The van der Waals surface area contributed by atoms with Crippen LogP contribution >= 0.6 is 0 Å². The highest BCUT2D eigenvalue weighted by Gasteiger charge is 2.34. The van der Waals surface area contributed by atoms with Gasteiger partial charge in [-0.05, 0) is 31.9 Å². The van der Waals surface area contributed by atoms with Crippen LogP contribution in [0.15, 0.2) is 24.3 Å². The summed E-state index contributed by atoms with van der Waals surface area (Å²) < 4.78 is 5.76. The summed E-state index contributed by atoms with van der Waals surface area (Å²) in [6.07, 6.45) is 1.54. The smallest absolute Gasteiger partial charge is 0.227 e. The minimum absolute atomic E-state index is 0.0429. The minimum Gasteiger partial charge on any atom is -0.492 e. The fourth-order valence-electron chi connectivity index (χ4n) is 4.23. The summed E-state index contributed by atoms with van der Waals surface area (Å²) in [6.45, 7) is 13.0. The third-order valence-corrected chi connectivity index (χ3v) is 5.87. The topological polar surface area (TPSA) is 53.1 Å². The van der Waals surface area contributed by atoms with Crippen molar-refractivity contribution in [3.8, 4) is 5.75 Å². The Bertz CT molecular complexity index is 712. The molecule has 0 atom stereocenters. The van der Waals surface area contributed by atoms with Gasteiger partial charge in [-0.2, -0.15) is 0 Å². The average molecular weight is 402 g/mol. The number of amides is 2. The van der Waals surface area contributed by atoms with Gasteiger partial charge in [-0.3, -0.25) is 9.59 Å². The van der Waals surface area contributed by atoms with E-state index in [0.29, 0.717) is 19.7 Å². The van der Waals surface area contributed by atoms with Gasteiger partial charge in [0, 0.05) is 50.6 Å². The Kier molecular flexibility index (Phi) is 6.70. The first-order valence-corrected chi connectivity index (χ1v) is 10.9. The molecule has 2 aliphatic rings. The molecule has 2 fully saturated rings. The van der Waals surface area contributed by atoms with Gasteiger partial charge in [0.15, 0.2) is 0 Å². The van der Waals surface area contributed by atoms with Crippen molar-refractivity contribution < 1.29 is 14.3 Å². The molecule has 6 nitrogen and oxygen atoms in total. The zero-order valence-electron chi connectivity index (χ0n) is 18.3. The number of ether oxygens (including phenoxy) is 1. The second-order valence-electron chi connectivity index (χ2n) is 9.03. The summed E-state index contributed by atoms with van der Waals surface area (Å²) in [5.41, 5.74) is 0.751. The van der Waals surface area contributed by atoms with Gasteiger partial charge in [-0.15, -0.1) is 0 Å². The lowest BCUT2D eigenvalue weighted by Crippen LogP contribution is -2.52. The molecule has 0 spiro atoms. The van der Waals surface area contributed by atoms with Crippen LogP contribution in [-0.4, -0.2) is 67.5 Å². The molecular formula is C23H35N3O3. The molecule has 2 amide bonds. The third kappa shape index (κ3) is 5.03. The molecule has 0 saturated carbocycles. The number of piperazine rings is 1. The van der Waals surface area contributed by atoms with Crippen LogP contribution in [0.3, 0.4) is 0 Å². The van der Waals surface area contributed by atoms with Gasteiger partial charge >= 0.3 is 0 Å². The monoisotopic (exact) mass is 401 g/mol. The summed E-state index contributed by atoms with van der Waals surface area (Å²) in [5, 5.41) is 0. The summed E-state index contributed by atoms with van der Waals surface area (Å²) in [6, 6.07) is 8.11. The SMILES string of the molecule is CCOc1ccccc1N1CCN(C(=O)C2CCN(C(=O)C(C)(C)C)CC2)CC1. The van der Waals surface area contributed by atoms with Crippen LogP contribution in [0, 0.1) is 11.3 Å². The minimum atomic E-state index is -0.356. The number of hydrogen-bond donors (Lipinski definition) is 0. The van der Waals surface area contributed by atoms with Crippen LogP contribution in [0.2, 0.25) is 0 Å². The molecule has 6 heteroatoms. The second-order valence-corrected chi connectivity index (χ2v) is 9.03. The maximum absolute atomic E-state index is 13.0. The first-order chi connectivity index (χ1) is 13.8. The van der Waals surface area contributed by atoms with Crippen LogP contribution in [0.1, 0.15) is 40.5 Å². The van der Waals surface area contributed by atoms with Crippen molar-refractivity contribution in [1.29, 1.82) is 0 Å². The molecule has 0 radical (unpaired) electrons. The van der Waals surface area contributed by atoms with Crippen molar-refractivity contribution in [3.05, 3.63) is 24.3 Å². The normalized spacial score (nSPS) is 18.7. The molecule has 1 aromatic carbocycles. The number of likely N-dealkylation sites (tertiary alicyclic amines) is 1. The van der Waals surface area contributed by atoms with E-state index in [0.717, 1.165) is 50.5 Å². The van der Waals surface area contributed by atoms with E-state index >= 15 is 0 Å². The van der Waals surface area contributed by atoms with Crippen molar-refractivity contribution >= 4 is 17.5 Å². The van der Waals surface area contributed by atoms with E-state index < -0.39 is 0 Å². The van der Waals surface area contributed by atoms with Gasteiger partial charge in [-0.25, -0.2) is 0 Å². The Morgan fingerprint density at radius 2 is 1.59 bits per heavy atom. The van der Waals surface area contributed by atoms with E-state index in [1.165, 1.54) is 0 Å². The first-order valence-electron chi connectivity index (χ1n) is 10.9. The molecule has 29 heavy (non-hydrogen) atoms. The van der Waals surface area contributed by atoms with Crippen LogP contribution in [0.5, 0.6) is 5.75 Å². The van der Waals surface area contributed by atoms with Crippen molar-refractivity contribution in [1.82, 2.24) is 9.80 Å². The van der Waals surface area contributed by atoms with Gasteiger partial charge in [-0.1, -0.05) is 32.9 Å². The molecule has 0 aromatic heterocycles. The number of hydrogen-bond acceptors (Lipinski definition) is 4. The molecule has 2 saturated heterocycles. The fourth-order valence-corrected chi connectivity index (χ4v) is 4.23. The Labute approximate surface area is 174 Å². The van der Waals surface area contributed by atoms with Crippen molar-refractivity contribution in [2.45, 2.75) is 40.5 Å². The molecule has 0 unspecified atom stereocenters. The highest BCUT2D eigenvalue weighted by molar-refractivity contribution is 5.83. The number of carbonyl (C=O) groups excluding carboxylic acids is 2. The average Bonchev–Trinajstić information content (AvgIpc) is 2.73. The highest BCUT2D eigenvalue weighted by atomic mass is 16.5. The van der Waals surface area contributed by atoms with Crippen LogP contribution in [0.4, 0.5) is 5.69 Å². The fraction of sp³-hybridized carbons (Fsp3) is 0.652. The van der Waals surface area contributed by atoms with Crippen molar-refractivity contribution in [3.63, 3.8) is 0 Å². The number of anilines is 1. The van der Waals surface area contributed by atoms with E-state index in [2.05, 4.69) is 11.0 Å². The second kappa shape index (κ2) is 9.06. The standard InChI is InChI=1S/C23H35N3O3/c1-5-29-20-9-7-6-8-19(20)24-14-16-25(17-15-24)21(27)18-10-12-26(13-11-18)22(28)23(2,3)4/h6-9,18H,5,10-17H2,1-4H3. The zero-order valence-corrected chi connectivity index (χ0v) is 18.3. The van der Waals surface area contributed by atoms with Crippen LogP contribution in [0.25, 0.3) is 0 Å². The van der Waals surface area contributed by atoms with E-state index in [1.807, 2.05) is 55.7 Å². The summed E-state index contributed by atoms with van der Waals surface area (Å²) >= 11 is 0. The van der Waals surface area contributed by atoms with Gasteiger partial charge in [0.25, 0.3) is 0 Å². The molecule has 3 rings (SSSR count). The van der Waals surface area contributed by atoms with Crippen molar-refractivity contribution in [2.75, 3.05) is 50.8 Å². The van der Waals surface area contributed by atoms with E-state index in [1.54, 1.807) is 0 Å². The number of rotatable bonds is 4. The van der Waals surface area contributed by atoms with Crippen LogP contribution < -0.4 is 9.64 Å². The molecule has 0 bridgehead atoms. The number of benzene rings is 1. The van der Waals surface area contributed by atoms with Crippen LogP contribution in [-0.2, 0) is 9.59 Å². The van der Waals surface area contributed by atoms with Gasteiger partial charge in [0.05, 0.1) is 12.3 Å². The molecule has 2 aliphatic heterocycles. The molecule has 2 heterocycles. The number of para-hydroxylation sites is 2. The quantitative estimate of drug-likeness (QED) is 0.778. The van der Waals surface area contributed by atoms with Crippen molar-refractivity contribution in [2.24, 2.45) is 11.3 Å². The Hall–Kier alpha value is -2.24. The lowest BCUT2D eigenvalue weighted by Gasteiger charge is -2.40. The predicted molar refractivity (Wildman–Crippen MR) is 115 cm³/mol. The molecule has 0 aliphatic carbocycles. The first kappa shape index (κ1) is 21.5.